The Morgan fingerprint density at radius 1 is 1.03 bits per heavy atom. The van der Waals surface area contributed by atoms with E-state index in [2.05, 4.69) is 21.9 Å². The molecule has 0 saturated carbocycles. The first-order valence-electron chi connectivity index (χ1n) is 9.67. The molecule has 6 nitrogen and oxygen atoms in total. The zero-order valence-electron chi connectivity index (χ0n) is 17.8. The van der Waals surface area contributed by atoms with Crippen molar-refractivity contribution in [3.05, 3.63) is 58.5 Å². The van der Waals surface area contributed by atoms with Crippen molar-refractivity contribution in [2.45, 2.75) is 41.5 Å². The van der Waals surface area contributed by atoms with Crippen molar-refractivity contribution in [1.82, 2.24) is 10.5 Å². The smallest absolute Gasteiger partial charge is 0.319 e. The average molecular weight is 393 g/mol. The Morgan fingerprint density at radius 3 is 2.31 bits per heavy atom. The van der Waals surface area contributed by atoms with Gasteiger partial charge in [-0.05, 0) is 88.1 Å². The number of aromatic nitrogens is 1. The molecule has 152 valence electrons. The maximum atomic E-state index is 11.8. The fourth-order valence-corrected chi connectivity index (χ4v) is 3.48. The number of benzene rings is 2. The van der Waals surface area contributed by atoms with Crippen LogP contribution in [0.25, 0.3) is 11.1 Å². The van der Waals surface area contributed by atoms with Crippen molar-refractivity contribution in [3.63, 3.8) is 0 Å². The first kappa shape index (κ1) is 20.5. The number of urea groups is 1. The topological polar surface area (TPSA) is 76.4 Å². The summed E-state index contributed by atoms with van der Waals surface area (Å²) in [7, 11) is 0. The van der Waals surface area contributed by atoms with Crippen LogP contribution in [0, 0.1) is 34.6 Å². The van der Waals surface area contributed by atoms with Crippen molar-refractivity contribution in [3.8, 4) is 22.6 Å². The Hall–Kier alpha value is -3.28. The highest BCUT2D eigenvalue weighted by molar-refractivity contribution is 5.89. The molecule has 3 aromatic rings. The monoisotopic (exact) mass is 393 g/mol. The van der Waals surface area contributed by atoms with Crippen molar-refractivity contribution in [2.24, 2.45) is 0 Å². The highest BCUT2D eigenvalue weighted by atomic mass is 16.5. The molecule has 1 heterocycles. The number of hydrogen-bond acceptors (Lipinski definition) is 4. The van der Waals surface area contributed by atoms with Gasteiger partial charge in [-0.15, -0.1) is 0 Å². The summed E-state index contributed by atoms with van der Waals surface area (Å²) in [6, 6.07) is 9.69. The summed E-state index contributed by atoms with van der Waals surface area (Å²) in [6.45, 7) is 12.3. The number of nitrogens with zero attached hydrogens (tertiary/aromatic N) is 1. The van der Waals surface area contributed by atoms with Crippen LogP contribution in [0.3, 0.4) is 0 Å². The SMILES string of the molecule is CCNC(=O)Nc1cc(C)c(Oc2cc(C)cc(-c3c(C)noc3C)c2)c(C)c1. The van der Waals surface area contributed by atoms with Crippen LogP contribution in [-0.4, -0.2) is 17.7 Å². The van der Waals surface area contributed by atoms with Gasteiger partial charge in [0, 0.05) is 17.8 Å². The van der Waals surface area contributed by atoms with Crippen LogP contribution in [0.5, 0.6) is 11.5 Å². The van der Waals surface area contributed by atoms with E-state index in [-0.39, 0.29) is 6.03 Å². The summed E-state index contributed by atoms with van der Waals surface area (Å²) < 4.78 is 11.6. The number of rotatable bonds is 5. The Morgan fingerprint density at radius 2 is 1.72 bits per heavy atom. The first-order chi connectivity index (χ1) is 13.8. The maximum absolute atomic E-state index is 11.8. The molecule has 2 aromatic carbocycles. The van der Waals surface area contributed by atoms with E-state index in [4.69, 9.17) is 9.26 Å². The molecule has 0 aliphatic carbocycles. The van der Waals surface area contributed by atoms with Crippen LogP contribution in [0.15, 0.2) is 34.9 Å². The summed E-state index contributed by atoms with van der Waals surface area (Å²) in [5.74, 6) is 2.31. The zero-order chi connectivity index (χ0) is 21.1. The lowest BCUT2D eigenvalue weighted by Gasteiger charge is -2.16. The quantitative estimate of drug-likeness (QED) is 0.573. The Labute approximate surface area is 171 Å². The molecule has 0 aliphatic heterocycles. The van der Waals surface area contributed by atoms with Gasteiger partial charge < -0.3 is 19.9 Å². The number of hydrogen-bond donors (Lipinski definition) is 2. The van der Waals surface area contributed by atoms with Crippen LogP contribution >= 0.6 is 0 Å². The molecule has 2 amide bonds. The second-order valence-electron chi connectivity index (χ2n) is 7.26. The number of nitrogens with one attached hydrogen (secondary N) is 2. The minimum absolute atomic E-state index is 0.220. The highest BCUT2D eigenvalue weighted by Crippen LogP contribution is 2.35. The summed E-state index contributed by atoms with van der Waals surface area (Å²) in [5, 5.41) is 9.63. The van der Waals surface area contributed by atoms with Crippen LogP contribution in [0.2, 0.25) is 0 Å². The summed E-state index contributed by atoms with van der Waals surface area (Å²) in [6.07, 6.45) is 0. The Balaban J connectivity index is 1.91. The van der Waals surface area contributed by atoms with Crippen LogP contribution in [0.4, 0.5) is 10.5 Å². The number of carbonyl (C=O) groups excluding carboxylic acids is 1. The third-order valence-corrected chi connectivity index (χ3v) is 4.65. The summed E-state index contributed by atoms with van der Waals surface area (Å²) in [4.78, 5) is 11.8. The molecule has 0 aliphatic rings. The van der Waals surface area contributed by atoms with Gasteiger partial charge in [0.1, 0.15) is 17.3 Å². The van der Waals surface area contributed by atoms with Gasteiger partial charge in [0.25, 0.3) is 0 Å². The van der Waals surface area contributed by atoms with E-state index in [1.807, 2.05) is 65.8 Å². The first-order valence-corrected chi connectivity index (χ1v) is 9.67. The standard InChI is InChI=1S/C23H27N3O3/c1-7-24-23(27)25-19-10-14(3)22(15(4)11-19)28-20-9-13(2)8-18(12-20)21-16(5)26-29-17(21)6/h8-12H,7H2,1-6H3,(H2,24,25,27). The molecule has 6 heteroatoms. The maximum Gasteiger partial charge on any atom is 0.319 e. The van der Waals surface area contributed by atoms with Gasteiger partial charge in [-0.25, -0.2) is 4.79 Å². The molecular formula is C23H27N3O3. The molecule has 0 fully saturated rings. The second-order valence-corrected chi connectivity index (χ2v) is 7.26. The van der Waals surface area contributed by atoms with Crippen LogP contribution < -0.4 is 15.4 Å². The fourth-order valence-electron chi connectivity index (χ4n) is 3.48. The molecule has 1 aromatic heterocycles. The predicted molar refractivity (Wildman–Crippen MR) is 115 cm³/mol. The van der Waals surface area contributed by atoms with Crippen molar-refractivity contribution >= 4 is 11.7 Å². The fraction of sp³-hybridized carbons (Fsp3) is 0.304. The van der Waals surface area contributed by atoms with Gasteiger partial charge in [-0.3, -0.25) is 0 Å². The molecular weight excluding hydrogens is 366 g/mol. The van der Waals surface area contributed by atoms with Crippen molar-refractivity contribution in [2.75, 3.05) is 11.9 Å². The van der Waals surface area contributed by atoms with E-state index in [0.29, 0.717) is 6.54 Å². The third-order valence-electron chi connectivity index (χ3n) is 4.65. The number of carbonyl (C=O) groups is 1. The van der Waals surface area contributed by atoms with Crippen molar-refractivity contribution in [1.29, 1.82) is 0 Å². The largest absolute Gasteiger partial charge is 0.457 e. The normalized spacial score (nSPS) is 10.7. The Bertz CT molecular complexity index is 1010. The van der Waals surface area contributed by atoms with Gasteiger partial charge in [-0.1, -0.05) is 11.2 Å². The second kappa shape index (κ2) is 8.39. The van der Waals surface area contributed by atoms with Gasteiger partial charge in [-0.2, -0.15) is 0 Å². The van der Waals surface area contributed by atoms with E-state index in [1.165, 1.54) is 0 Å². The molecule has 2 N–H and O–H groups in total. The average Bonchev–Trinajstić information content (AvgIpc) is 2.96. The molecule has 0 radical (unpaired) electrons. The third kappa shape index (κ3) is 4.59. The van der Waals surface area contributed by atoms with Gasteiger partial charge in [0.05, 0.1) is 5.69 Å². The van der Waals surface area contributed by atoms with Crippen LogP contribution in [0.1, 0.15) is 35.1 Å². The molecule has 0 bridgehead atoms. The summed E-state index contributed by atoms with van der Waals surface area (Å²) >= 11 is 0. The minimum Gasteiger partial charge on any atom is -0.457 e. The van der Waals surface area contributed by atoms with E-state index < -0.39 is 0 Å². The molecule has 3 rings (SSSR count). The number of anilines is 1. The summed E-state index contributed by atoms with van der Waals surface area (Å²) in [5.41, 5.74) is 6.57. The molecule has 0 spiro atoms. The highest BCUT2D eigenvalue weighted by Gasteiger charge is 2.15. The predicted octanol–water partition coefficient (Wildman–Crippen LogP) is 5.82. The van der Waals surface area contributed by atoms with Crippen LogP contribution in [-0.2, 0) is 0 Å². The molecule has 0 atom stereocenters. The number of ether oxygens (including phenoxy) is 1. The van der Waals surface area contributed by atoms with E-state index in [9.17, 15) is 4.79 Å². The van der Waals surface area contributed by atoms with E-state index >= 15 is 0 Å². The van der Waals surface area contributed by atoms with Gasteiger partial charge in [0.2, 0.25) is 0 Å². The Kier molecular flexibility index (Phi) is 5.92. The lowest BCUT2D eigenvalue weighted by molar-refractivity contribution is 0.252. The van der Waals surface area contributed by atoms with Gasteiger partial charge >= 0.3 is 6.03 Å². The molecule has 0 unspecified atom stereocenters. The molecule has 0 saturated heterocycles. The lowest BCUT2D eigenvalue weighted by Crippen LogP contribution is -2.28. The van der Waals surface area contributed by atoms with Crippen molar-refractivity contribution < 1.29 is 14.1 Å². The zero-order valence-corrected chi connectivity index (χ0v) is 17.8. The number of aryl methyl sites for hydroxylation is 5. The van der Waals surface area contributed by atoms with E-state index in [0.717, 1.165) is 56.5 Å². The molecule has 29 heavy (non-hydrogen) atoms. The van der Waals surface area contributed by atoms with Gasteiger partial charge in [0.15, 0.2) is 0 Å². The number of amides is 2. The van der Waals surface area contributed by atoms with E-state index in [1.54, 1.807) is 0 Å². The lowest BCUT2D eigenvalue weighted by atomic mass is 10.0. The minimum atomic E-state index is -0.220.